The van der Waals surface area contributed by atoms with Crippen LogP contribution in [0.5, 0.6) is 0 Å². The number of anilines is 1. The van der Waals surface area contributed by atoms with Crippen molar-refractivity contribution < 1.29 is 27.5 Å². The molecule has 3 atom stereocenters. The van der Waals surface area contributed by atoms with E-state index in [0.29, 0.717) is 11.1 Å². The molecule has 3 rings (SSSR count). The van der Waals surface area contributed by atoms with Crippen LogP contribution < -0.4 is 5.32 Å². The Labute approximate surface area is 148 Å². The predicted octanol–water partition coefficient (Wildman–Crippen LogP) is 2.78. The normalized spacial score (nSPS) is 25.0. The number of ether oxygens (including phenoxy) is 1. The summed E-state index contributed by atoms with van der Waals surface area (Å²) < 4.78 is 43.2. The second-order valence-electron chi connectivity index (χ2n) is 7.71. The van der Waals surface area contributed by atoms with Gasteiger partial charge in [0, 0.05) is 18.3 Å². The zero-order valence-electron chi connectivity index (χ0n) is 14.7. The number of carbonyl (C=O) groups excluding carboxylic acids is 2. The highest BCUT2D eigenvalue weighted by atomic mass is 19.4. The summed E-state index contributed by atoms with van der Waals surface area (Å²) in [6.07, 6.45) is -2.46. The summed E-state index contributed by atoms with van der Waals surface area (Å²) in [4.78, 5) is 26.4. The second kappa shape index (κ2) is 6.17. The smallest absolute Gasteiger partial charge is 0.411 e. The lowest BCUT2D eigenvalue weighted by molar-refractivity contribution is -0.142. The molecule has 2 aliphatic rings. The number of aromatic nitrogens is 2. The number of hydrogen-bond donors (Lipinski definition) is 1. The third-order valence-corrected chi connectivity index (χ3v) is 4.24. The molecule has 0 radical (unpaired) electrons. The Morgan fingerprint density at radius 1 is 1.31 bits per heavy atom. The summed E-state index contributed by atoms with van der Waals surface area (Å²) in [5.74, 6) is -0.190. The van der Waals surface area contributed by atoms with E-state index < -0.39 is 36.4 Å². The van der Waals surface area contributed by atoms with Crippen molar-refractivity contribution in [2.45, 2.75) is 64.0 Å². The molecule has 0 unspecified atom stereocenters. The van der Waals surface area contributed by atoms with Crippen LogP contribution in [0.25, 0.3) is 0 Å². The van der Waals surface area contributed by atoms with Gasteiger partial charge in [-0.2, -0.15) is 18.3 Å². The van der Waals surface area contributed by atoms with Gasteiger partial charge in [0.05, 0.1) is 0 Å². The predicted molar refractivity (Wildman–Crippen MR) is 85.3 cm³/mol. The molecule has 1 aliphatic heterocycles. The lowest BCUT2D eigenvalue weighted by Gasteiger charge is -2.29. The van der Waals surface area contributed by atoms with Crippen molar-refractivity contribution >= 4 is 17.8 Å². The Balaban J connectivity index is 1.65. The van der Waals surface area contributed by atoms with E-state index in [1.165, 1.54) is 11.0 Å². The third-order valence-electron chi connectivity index (χ3n) is 4.24. The van der Waals surface area contributed by atoms with Gasteiger partial charge in [0.25, 0.3) is 0 Å². The highest BCUT2D eigenvalue weighted by molar-refractivity contribution is 5.96. The standard InChI is InChI=1S/C16H21F3N4O3/c1-15(2,3)26-14(25)23-10-6-9(10)7-11(23)13(24)20-12-4-5-22(21-12)8-16(17,18)19/h4-5,9-11H,6-8H2,1-3H3,(H,20,21,24)/t9-,10-,11+/m1/s1. The maximum absolute atomic E-state index is 12.5. The summed E-state index contributed by atoms with van der Waals surface area (Å²) in [6, 6.07) is 0.571. The Morgan fingerprint density at radius 2 is 2.00 bits per heavy atom. The van der Waals surface area contributed by atoms with Gasteiger partial charge in [0.15, 0.2) is 5.82 Å². The Morgan fingerprint density at radius 3 is 2.62 bits per heavy atom. The summed E-state index contributed by atoms with van der Waals surface area (Å²) in [5.41, 5.74) is -0.679. The van der Waals surface area contributed by atoms with Gasteiger partial charge in [0.2, 0.25) is 5.91 Å². The van der Waals surface area contributed by atoms with Crippen LogP contribution in [0.15, 0.2) is 12.3 Å². The fourth-order valence-corrected chi connectivity index (χ4v) is 3.18. The summed E-state index contributed by atoms with van der Waals surface area (Å²) in [7, 11) is 0. The Bertz CT molecular complexity index is 710. The van der Waals surface area contributed by atoms with Crippen LogP contribution in [0.2, 0.25) is 0 Å². The topological polar surface area (TPSA) is 76.5 Å². The molecule has 1 saturated carbocycles. The molecule has 144 valence electrons. The van der Waals surface area contributed by atoms with Gasteiger partial charge >= 0.3 is 12.3 Å². The molecule has 10 heteroatoms. The van der Waals surface area contributed by atoms with Crippen LogP contribution in [-0.4, -0.2) is 50.5 Å². The number of nitrogens with one attached hydrogen (secondary N) is 1. The van der Waals surface area contributed by atoms with E-state index in [1.54, 1.807) is 20.8 Å². The first-order valence-electron chi connectivity index (χ1n) is 8.35. The second-order valence-corrected chi connectivity index (χ2v) is 7.71. The van der Waals surface area contributed by atoms with Gasteiger partial charge in [0.1, 0.15) is 18.2 Å². The van der Waals surface area contributed by atoms with Crippen LogP contribution in [0.3, 0.4) is 0 Å². The SMILES string of the molecule is CC(C)(C)OC(=O)N1[C@@H]2C[C@@H]2C[C@H]1C(=O)Nc1ccn(CC(F)(F)F)n1. The number of amides is 2. The lowest BCUT2D eigenvalue weighted by Crippen LogP contribution is -2.47. The van der Waals surface area contributed by atoms with Crippen LogP contribution in [0, 0.1) is 5.92 Å². The number of fused-ring (bicyclic) bond motifs is 1. The molecule has 2 amide bonds. The molecule has 2 fully saturated rings. The Kier molecular flexibility index (Phi) is 4.40. The van der Waals surface area contributed by atoms with Gasteiger partial charge < -0.3 is 10.1 Å². The van der Waals surface area contributed by atoms with Gasteiger partial charge in [-0.3, -0.25) is 14.4 Å². The molecular weight excluding hydrogens is 353 g/mol. The lowest BCUT2D eigenvalue weighted by atomic mass is 10.1. The van der Waals surface area contributed by atoms with E-state index in [2.05, 4.69) is 10.4 Å². The van der Waals surface area contributed by atoms with Crippen LogP contribution in [-0.2, 0) is 16.1 Å². The summed E-state index contributed by atoms with van der Waals surface area (Å²) in [6.45, 7) is 4.00. The summed E-state index contributed by atoms with van der Waals surface area (Å²) >= 11 is 0. The van der Waals surface area contributed by atoms with Gasteiger partial charge in [-0.15, -0.1) is 0 Å². The quantitative estimate of drug-likeness (QED) is 0.883. The third kappa shape index (κ3) is 4.28. The molecule has 7 nitrogen and oxygen atoms in total. The van der Waals surface area contributed by atoms with Crippen molar-refractivity contribution in [1.29, 1.82) is 0 Å². The van der Waals surface area contributed by atoms with Crippen molar-refractivity contribution in [3.63, 3.8) is 0 Å². The molecule has 1 saturated heterocycles. The Hall–Kier alpha value is -2.26. The molecule has 0 bridgehead atoms. The minimum absolute atomic E-state index is 0.0108. The number of likely N-dealkylation sites (tertiary alicyclic amines) is 1. The molecule has 1 aromatic heterocycles. The van der Waals surface area contributed by atoms with E-state index in [1.807, 2.05) is 0 Å². The first-order valence-corrected chi connectivity index (χ1v) is 8.35. The number of nitrogens with zero attached hydrogens (tertiary/aromatic N) is 3. The van der Waals surface area contributed by atoms with E-state index in [-0.39, 0.29) is 17.8 Å². The first kappa shape index (κ1) is 18.5. The molecule has 1 aliphatic carbocycles. The molecule has 1 aromatic rings. The summed E-state index contributed by atoms with van der Waals surface area (Å²) in [5, 5.41) is 6.19. The van der Waals surface area contributed by atoms with E-state index in [4.69, 9.17) is 4.74 Å². The van der Waals surface area contributed by atoms with Crippen molar-refractivity contribution in [2.75, 3.05) is 5.32 Å². The highest BCUT2D eigenvalue weighted by Gasteiger charge is 2.57. The van der Waals surface area contributed by atoms with Crippen LogP contribution in [0.1, 0.15) is 33.6 Å². The number of alkyl halides is 3. The molecule has 0 spiro atoms. The van der Waals surface area contributed by atoms with E-state index in [9.17, 15) is 22.8 Å². The van der Waals surface area contributed by atoms with E-state index in [0.717, 1.165) is 12.6 Å². The van der Waals surface area contributed by atoms with Crippen molar-refractivity contribution in [1.82, 2.24) is 14.7 Å². The highest BCUT2D eigenvalue weighted by Crippen LogP contribution is 2.48. The van der Waals surface area contributed by atoms with Gasteiger partial charge in [-0.05, 0) is 39.5 Å². The fraction of sp³-hybridized carbons (Fsp3) is 0.688. The van der Waals surface area contributed by atoms with Crippen LogP contribution in [0.4, 0.5) is 23.8 Å². The zero-order valence-corrected chi connectivity index (χ0v) is 14.7. The number of rotatable bonds is 3. The fourth-order valence-electron chi connectivity index (χ4n) is 3.18. The minimum Gasteiger partial charge on any atom is -0.444 e. The number of halogens is 3. The first-order chi connectivity index (χ1) is 11.9. The minimum atomic E-state index is -4.40. The maximum atomic E-state index is 12.5. The van der Waals surface area contributed by atoms with Crippen molar-refractivity contribution in [3.8, 4) is 0 Å². The molecule has 1 N–H and O–H groups in total. The molecule has 2 heterocycles. The number of piperidine rings is 1. The average Bonchev–Trinajstić information content (AvgIpc) is 2.89. The number of carbonyl (C=O) groups is 2. The van der Waals surface area contributed by atoms with Crippen LogP contribution >= 0.6 is 0 Å². The van der Waals surface area contributed by atoms with Gasteiger partial charge in [-0.1, -0.05) is 0 Å². The molecule has 26 heavy (non-hydrogen) atoms. The average molecular weight is 374 g/mol. The van der Waals surface area contributed by atoms with E-state index >= 15 is 0 Å². The van der Waals surface area contributed by atoms with Crippen molar-refractivity contribution in [2.24, 2.45) is 5.92 Å². The molecular formula is C16H21F3N4O3. The maximum Gasteiger partial charge on any atom is 0.411 e. The molecule has 0 aromatic carbocycles. The largest absolute Gasteiger partial charge is 0.444 e. The zero-order chi connectivity index (χ0) is 19.3. The van der Waals surface area contributed by atoms with Crippen molar-refractivity contribution in [3.05, 3.63) is 12.3 Å². The monoisotopic (exact) mass is 374 g/mol. The van der Waals surface area contributed by atoms with Gasteiger partial charge in [-0.25, -0.2) is 4.79 Å². The number of hydrogen-bond acceptors (Lipinski definition) is 4.